The monoisotopic (exact) mass is 283 g/mol. The lowest BCUT2D eigenvalue weighted by Gasteiger charge is -2.38. The summed E-state index contributed by atoms with van der Waals surface area (Å²) in [4.78, 5) is 12.1. The molecule has 2 N–H and O–H groups in total. The van der Waals surface area contributed by atoms with Gasteiger partial charge in [0, 0.05) is 0 Å². The molecule has 0 unspecified atom stereocenters. The maximum atomic E-state index is 13.6. The predicted octanol–water partition coefficient (Wildman–Crippen LogP) is 2.64. The number of carbonyl (C=O) groups excluding carboxylic acids is 1. The highest BCUT2D eigenvalue weighted by atomic mass is 19.2. The molecular formula is C15H19F2NO2. The minimum atomic E-state index is -1.15. The molecular weight excluding hydrogens is 264 g/mol. The molecule has 0 saturated heterocycles. The van der Waals surface area contributed by atoms with Crippen LogP contribution in [0.1, 0.15) is 43.0 Å². The molecule has 20 heavy (non-hydrogen) atoms. The summed E-state index contributed by atoms with van der Waals surface area (Å²) in [5, 5.41) is 12.3. The van der Waals surface area contributed by atoms with E-state index in [-0.39, 0.29) is 12.2 Å². The number of amides is 1. The molecule has 0 heterocycles. The fourth-order valence-electron chi connectivity index (χ4n) is 2.62. The first kappa shape index (κ1) is 14.9. The molecule has 1 fully saturated rings. The third-order valence-corrected chi connectivity index (χ3v) is 4.11. The molecule has 1 aliphatic carbocycles. The third-order valence-electron chi connectivity index (χ3n) is 4.11. The van der Waals surface area contributed by atoms with Crippen LogP contribution in [0.5, 0.6) is 0 Å². The van der Waals surface area contributed by atoms with Crippen molar-refractivity contribution in [2.24, 2.45) is 5.92 Å². The Hall–Kier alpha value is -1.49. The Labute approximate surface area is 117 Å². The maximum Gasteiger partial charge on any atom is 0.254 e. The van der Waals surface area contributed by atoms with Crippen molar-refractivity contribution >= 4 is 5.91 Å². The summed E-state index contributed by atoms with van der Waals surface area (Å²) in [5.74, 6) is -2.32. The highest BCUT2D eigenvalue weighted by molar-refractivity contribution is 5.95. The molecule has 0 aromatic heterocycles. The van der Waals surface area contributed by atoms with Crippen molar-refractivity contribution in [3.63, 3.8) is 0 Å². The molecule has 2 rings (SSSR count). The molecule has 0 bridgehead atoms. The van der Waals surface area contributed by atoms with Crippen LogP contribution in [0, 0.1) is 17.6 Å². The Bertz CT molecular complexity index is 497. The number of halogens is 2. The summed E-state index contributed by atoms with van der Waals surface area (Å²) in [7, 11) is 0. The highest BCUT2D eigenvalue weighted by Gasteiger charge is 2.35. The van der Waals surface area contributed by atoms with Gasteiger partial charge in [-0.1, -0.05) is 13.0 Å². The summed E-state index contributed by atoms with van der Waals surface area (Å²) in [6, 6.07) is 3.50. The Morgan fingerprint density at radius 3 is 2.65 bits per heavy atom. The number of aliphatic hydroxyl groups is 1. The van der Waals surface area contributed by atoms with Crippen molar-refractivity contribution < 1.29 is 18.7 Å². The van der Waals surface area contributed by atoms with Gasteiger partial charge in [-0.3, -0.25) is 4.79 Å². The summed E-state index contributed by atoms with van der Waals surface area (Å²) < 4.78 is 26.7. The van der Waals surface area contributed by atoms with Gasteiger partial charge in [-0.15, -0.1) is 0 Å². The van der Waals surface area contributed by atoms with Gasteiger partial charge in [-0.2, -0.15) is 0 Å². The summed E-state index contributed by atoms with van der Waals surface area (Å²) in [6.07, 6.45) is 3.08. The normalized spacial score (nSPS) is 26.3. The molecule has 3 nitrogen and oxygen atoms in total. The van der Waals surface area contributed by atoms with Gasteiger partial charge in [0.25, 0.3) is 5.91 Å². The van der Waals surface area contributed by atoms with Gasteiger partial charge in [0.2, 0.25) is 0 Å². The highest BCUT2D eigenvalue weighted by Crippen LogP contribution is 2.32. The lowest BCUT2D eigenvalue weighted by molar-refractivity contribution is 0.0712. The molecule has 1 aromatic carbocycles. The van der Waals surface area contributed by atoms with Crippen LogP contribution in [0.15, 0.2) is 18.2 Å². The predicted molar refractivity (Wildman–Crippen MR) is 71.3 cm³/mol. The number of hydrogen-bond donors (Lipinski definition) is 2. The van der Waals surface area contributed by atoms with E-state index in [4.69, 9.17) is 0 Å². The fourth-order valence-corrected chi connectivity index (χ4v) is 2.62. The van der Waals surface area contributed by atoms with Gasteiger partial charge in [0.1, 0.15) is 0 Å². The molecule has 1 aromatic rings. The first-order chi connectivity index (χ1) is 9.47. The van der Waals surface area contributed by atoms with Crippen LogP contribution in [-0.2, 0) is 0 Å². The van der Waals surface area contributed by atoms with E-state index in [1.54, 1.807) is 0 Å². The molecule has 1 aliphatic rings. The second-order valence-electron chi connectivity index (χ2n) is 5.68. The molecule has 0 radical (unpaired) electrons. The van der Waals surface area contributed by atoms with Crippen molar-refractivity contribution in [3.05, 3.63) is 35.4 Å². The van der Waals surface area contributed by atoms with E-state index in [9.17, 15) is 18.7 Å². The SMILES string of the molecule is CC1CCC(CO)(NC(=O)c2cccc(F)c2F)CC1. The summed E-state index contributed by atoms with van der Waals surface area (Å²) >= 11 is 0. The van der Waals surface area contributed by atoms with Crippen LogP contribution in [0.2, 0.25) is 0 Å². The average Bonchev–Trinajstić information content (AvgIpc) is 2.44. The number of carbonyl (C=O) groups is 1. The molecule has 0 atom stereocenters. The van der Waals surface area contributed by atoms with Gasteiger partial charge in [0.05, 0.1) is 17.7 Å². The van der Waals surface area contributed by atoms with Gasteiger partial charge >= 0.3 is 0 Å². The fraction of sp³-hybridized carbons (Fsp3) is 0.533. The molecule has 5 heteroatoms. The number of benzene rings is 1. The van der Waals surface area contributed by atoms with Crippen LogP contribution in [0.25, 0.3) is 0 Å². The van der Waals surface area contributed by atoms with Crippen LogP contribution in [0.4, 0.5) is 8.78 Å². The quantitative estimate of drug-likeness (QED) is 0.896. The molecule has 0 aliphatic heterocycles. The molecule has 0 spiro atoms. The van der Waals surface area contributed by atoms with E-state index in [0.29, 0.717) is 18.8 Å². The number of aliphatic hydroxyl groups excluding tert-OH is 1. The zero-order valence-electron chi connectivity index (χ0n) is 11.5. The van der Waals surface area contributed by atoms with E-state index >= 15 is 0 Å². The van der Waals surface area contributed by atoms with Crippen LogP contribution in [-0.4, -0.2) is 23.2 Å². The molecule has 1 amide bonds. The average molecular weight is 283 g/mol. The van der Waals surface area contributed by atoms with E-state index in [1.165, 1.54) is 12.1 Å². The van der Waals surface area contributed by atoms with Gasteiger partial charge in [-0.25, -0.2) is 8.78 Å². The van der Waals surface area contributed by atoms with Crippen LogP contribution in [0.3, 0.4) is 0 Å². The summed E-state index contributed by atoms with van der Waals surface area (Å²) in [6.45, 7) is 1.93. The Morgan fingerprint density at radius 1 is 1.40 bits per heavy atom. The lowest BCUT2D eigenvalue weighted by atomic mass is 9.77. The summed E-state index contributed by atoms with van der Waals surface area (Å²) in [5.41, 5.74) is -1.04. The lowest BCUT2D eigenvalue weighted by Crippen LogP contribution is -2.53. The van der Waals surface area contributed by atoms with Crippen molar-refractivity contribution in [3.8, 4) is 0 Å². The minimum Gasteiger partial charge on any atom is -0.394 e. The number of rotatable bonds is 3. The van der Waals surface area contributed by atoms with Gasteiger partial charge in [0.15, 0.2) is 11.6 Å². The Balaban J connectivity index is 2.15. The van der Waals surface area contributed by atoms with E-state index in [0.717, 1.165) is 18.9 Å². The Kier molecular flexibility index (Phi) is 4.38. The Morgan fingerprint density at radius 2 is 2.05 bits per heavy atom. The van der Waals surface area contributed by atoms with E-state index in [1.807, 2.05) is 0 Å². The number of nitrogens with one attached hydrogen (secondary N) is 1. The number of hydrogen-bond acceptors (Lipinski definition) is 2. The first-order valence-electron chi connectivity index (χ1n) is 6.85. The van der Waals surface area contributed by atoms with E-state index < -0.39 is 23.1 Å². The topological polar surface area (TPSA) is 49.3 Å². The minimum absolute atomic E-state index is 0.192. The van der Waals surface area contributed by atoms with Gasteiger partial charge in [-0.05, 0) is 43.7 Å². The third kappa shape index (κ3) is 2.98. The first-order valence-corrected chi connectivity index (χ1v) is 6.85. The second kappa shape index (κ2) is 5.87. The van der Waals surface area contributed by atoms with Crippen molar-refractivity contribution in [1.82, 2.24) is 5.32 Å². The molecule has 1 saturated carbocycles. The maximum absolute atomic E-state index is 13.6. The van der Waals surface area contributed by atoms with Crippen LogP contribution >= 0.6 is 0 Å². The smallest absolute Gasteiger partial charge is 0.254 e. The standard InChI is InChI=1S/C15H19F2NO2/c1-10-5-7-15(9-19,8-6-10)18-14(20)11-3-2-4-12(16)13(11)17/h2-4,10,19H,5-9H2,1H3,(H,18,20). The zero-order chi connectivity index (χ0) is 14.8. The van der Waals surface area contributed by atoms with Crippen molar-refractivity contribution in [1.29, 1.82) is 0 Å². The second-order valence-corrected chi connectivity index (χ2v) is 5.68. The van der Waals surface area contributed by atoms with Crippen LogP contribution < -0.4 is 5.32 Å². The van der Waals surface area contributed by atoms with Gasteiger partial charge < -0.3 is 10.4 Å². The van der Waals surface area contributed by atoms with Crippen molar-refractivity contribution in [2.75, 3.05) is 6.61 Å². The van der Waals surface area contributed by atoms with E-state index in [2.05, 4.69) is 12.2 Å². The van der Waals surface area contributed by atoms with Crippen molar-refractivity contribution in [2.45, 2.75) is 38.1 Å². The largest absolute Gasteiger partial charge is 0.394 e. The zero-order valence-corrected chi connectivity index (χ0v) is 11.5. The molecule has 110 valence electrons.